The maximum Gasteiger partial charge on any atom is 0.240 e. The van der Waals surface area contributed by atoms with Crippen LogP contribution >= 0.6 is 11.6 Å². The Hall–Kier alpha value is -2.14. The molecule has 0 saturated carbocycles. The number of anilines is 1. The zero-order valence-electron chi connectivity index (χ0n) is 14.0. The van der Waals surface area contributed by atoms with Gasteiger partial charge >= 0.3 is 0 Å². The van der Waals surface area contributed by atoms with Gasteiger partial charge in [-0.2, -0.15) is 5.26 Å². The van der Waals surface area contributed by atoms with Crippen molar-refractivity contribution in [3.63, 3.8) is 0 Å². The lowest BCUT2D eigenvalue weighted by Crippen LogP contribution is -2.24. The second kappa shape index (κ2) is 8.30. The zero-order valence-corrected chi connectivity index (χ0v) is 15.6. The Balaban J connectivity index is 2.09. The first kappa shape index (κ1) is 19.2. The van der Waals surface area contributed by atoms with E-state index in [1.165, 1.54) is 18.2 Å². The second-order valence-electron chi connectivity index (χ2n) is 5.27. The highest BCUT2D eigenvalue weighted by atomic mass is 35.5. The normalized spacial score (nSPS) is 11.1. The van der Waals surface area contributed by atoms with Crippen molar-refractivity contribution in [1.29, 1.82) is 5.26 Å². The van der Waals surface area contributed by atoms with Gasteiger partial charge in [0.25, 0.3) is 0 Å². The highest BCUT2D eigenvalue weighted by Gasteiger charge is 2.15. The number of nitrogens with zero attached hydrogens (tertiary/aromatic N) is 3. The summed E-state index contributed by atoms with van der Waals surface area (Å²) in [6, 6.07) is 9.62. The van der Waals surface area contributed by atoms with Crippen molar-refractivity contribution in [3.05, 3.63) is 52.7 Å². The van der Waals surface area contributed by atoms with Crippen LogP contribution in [0.25, 0.3) is 0 Å². The number of benzene rings is 1. The van der Waals surface area contributed by atoms with Crippen molar-refractivity contribution in [1.82, 2.24) is 9.71 Å². The van der Waals surface area contributed by atoms with E-state index in [-0.39, 0.29) is 22.0 Å². The molecular weight excluding hydrogens is 360 g/mol. The number of nitriles is 1. The van der Waals surface area contributed by atoms with Crippen molar-refractivity contribution in [2.45, 2.75) is 25.3 Å². The topological polar surface area (TPSA) is 86.1 Å². The second-order valence-corrected chi connectivity index (χ2v) is 7.45. The van der Waals surface area contributed by atoms with E-state index in [9.17, 15) is 8.42 Å². The predicted octanol–water partition coefficient (Wildman–Crippen LogP) is 2.93. The molecule has 0 aliphatic rings. The lowest BCUT2D eigenvalue weighted by molar-refractivity contribution is 0.581. The summed E-state index contributed by atoms with van der Waals surface area (Å²) in [6.45, 7) is 5.93. The molecule has 0 radical (unpaired) electrons. The number of aromatic nitrogens is 1. The van der Waals surface area contributed by atoms with Crippen molar-refractivity contribution < 1.29 is 8.42 Å². The summed E-state index contributed by atoms with van der Waals surface area (Å²) in [5.74, 6) is 0.857. The molecular formula is C17H19ClN4O2S. The minimum absolute atomic E-state index is 0.0178. The number of hydrogen-bond donors (Lipinski definition) is 1. The van der Waals surface area contributed by atoms with Crippen molar-refractivity contribution in [3.8, 4) is 6.07 Å². The highest BCUT2D eigenvalue weighted by molar-refractivity contribution is 7.89. The van der Waals surface area contributed by atoms with Gasteiger partial charge in [0, 0.05) is 25.8 Å². The van der Waals surface area contributed by atoms with E-state index in [4.69, 9.17) is 16.9 Å². The SMILES string of the molecule is CCN(CC)c1ccc(CNS(=O)(=O)c2ccc(C#N)c(Cl)c2)cn1. The zero-order chi connectivity index (χ0) is 18.4. The van der Waals surface area contributed by atoms with Crippen LogP contribution in [-0.4, -0.2) is 26.5 Å². The van der Waals surface area contributed by atoms with Crippen LogP contribution < -0.4 is 9.62 Å². The van der Waals surface area contributed by atoms with Gasteiger partial charge in [0.2, 0.25) is 10.0 Å². The van der Waals surface area contributed by atoms with Gasteiger partial charge in [-0.05, 0) is 43.7 Å². The molecule has 0 saturated heterocycles. The molecule has 6 nitrogen and oxygen atoms in total. The van der Waals surface area contributed by atoms with Crippen molar-refractivity contribution in [2.75, 3.05) is 18.0 Å². The highest BCUT2D eigenvalue weighted by Crippen LogP contribution is 2.20. The van der Waals surface area contributed by atoms with Gasteiger partial charge in [0.15, 0.2) is 0 Å². The minimum atomic E-state index is -3.72. The molecule has 0 fully saturated rings. The van der Waals surface area contributed by atoms with E-state index in [0.29, 0.717) is 0 Å². The molecule has 2 aromatic rings. The van der Waals surface area contributed by atoms with Gasteiger partial charge < -0.3 is 4.90 Å². The standard InChI is InChI=1S/C17H19ClN4O2S/c1-3-22(4-2)17-8-5-13(11-20-17)12-21-25(23,24)15-7-6-14(10-19)16(18)9-15/h5-9,11,21H,3-4,12H2,1-2H3. The van der Waals surface area contributed by atoms with E-state index in [0.717, 1.165) is 24.5 Å². The third kappa shape index (κ3) is 4.69. The first-order valence-electron chi connectivity index (χ1n) is 7.80. The van der Waals surface area contributed by atoms with Crippen LogP contribution in [0.1, 0.15) is 25.0 Å². The Bertz CT molecular complexity index is 873. The smallest absolute Gasteiger partial charge is 0.240 e. The van der Waals surface area contributed by atoms with Crippen LogP contribution in [0.2, 0.25) is 5.02 Å². The number of rotatable bonds is 7. The molecule has 0 bridgehead atoms. The lowest BCUT2D eigenvalue weighted by Gasteiger charge is -2.19. The molecule has 1 heterocycles. The quantitative estimate of drug-likeness (QED) is 0.800. The Kier molecular flexibility index (Phi) is 6.37. The number of halogens is 1. The molecule has 0 amide bonds. The maximum atomic E-state index is 12.3. The Morgan fingerprint density at radius 1 is 1.24 bits per heavy atom. The molecule has 0 aliphatic heterocycles. The summed E-state index contributed by atoms with van der Waals surface area (Å²) in [5.41, 5.74) is 0.982. The molecule has 0 unspecified atom stereocenters. The molecule has 1 N–H and O–H groups in total. The number of nitrogens with one attached hydrogen (secondary N) is 1. The largest absolute Gasteiger partial charge is 0.357 e. The number of pyridine rings is 1. The van der Waals surface area contributed by atoms with Gasteiger partial charge in [-0.25, -0.2) is 18.1 Å². The van der Waals surface area contributed by atoms with Gasteiger partial charge in [-0.15, -0.1) is 0 Å². The van der Waals surface area contributed by atoms with Crippen LogP contribution in [0.5, 0.6) is 0 Å². The summed E-state index contributed by atoms with van der Waals surface area (Å²) >= 11 is 5.90. The molecule has 1 aromatic carbocycles. The molecule has 0 spiro atoms. The van der Waals surface area contributed by atoms with Crippen LogP contribution in [0.3, 0.4) is 0 Å². The third-order valence-electron chi connectivity index (χ3n) is 3.73. The fourth-order valence-electron chi connectivity index (χ4n) is 2.27. The molecule has 1 aromatic heterocycles. The minimum Gasteiger partial charge on any atom is -0.357 e. The van der Waals surface area contributed by atoms with Gasteiger partial charge in [0.05, 0.1) is 15.5 Å². The van der Waals surface area contributed by atoms with Gasteiger partial charge in [-0.3, -0.25) is 0 Å². The van der Waals surface area contributed by atoms with Crippen LogP contribution in [0.15, 0.2) is 41.4 Å². The molecule has 0 aliphatic carbocycles. The maximum absolute atomic E-state index is 12.3. The number of sulfonamides is 1. The monoisotopic (exact) mass is 378 g/mol. The third-order valence-corrected chi connectivity index (χ3v) is 5.45. The van der Waals surface area contributed by atoms with Crippen LogP contribution in [-0.2, 0) is 16.6 Å². The summed E-state index contributed by atoms with van der Waals surface area (Å²) in [6.07, 6.45) is 1.65. The summed E-state index contributed by atoms with van der Waals surface area (Å²) < 4.78 is 27.2. The Morgan fingerprint density at radius 3 is 2.48 bits per heavy atom. The first-order valence-corrected chi connectivity index (χ1v) is 9.66. The predicted molar refractivity (Wildman–Crippen MR) is 98.0 cm³/mol. The van der Waals surface area contributed by atoms with E-state index in [2.05, 4.69) is 28.5 Å². The van der Waals surface area contributed by atoms with E-state index in [1.807, 2.05) is 18.2 Å². The molecule has 8 heteroatoms. The summed E-state index contributed by atoms with van der Waals surface area (Å²) in [4.78, 5) is 6.49. The number of hydrogen-bond acceptors (Lipinski definition) is 5. The fourth-order valence-corrected chi connectivity index (χ4v) is 3.60. The van der Waals surface area contributed by atoms with Crippen LogP contribution in [0.4, 0.5) is 5.82 Å². The summed E-state index contributed by atoms with van der Waals surface area (Å²) in [5, 5.41) is 8.96. The van der Waals surface area contributed by atoms with E-state index >= 15 is 0 Å². The van der Waals surface area contributed by atoms with Crippen molar-refractivity contribution >= 4 is 27.4 Å². The van der Waals surface area contributed by atoms with Crippen LogP contribution in [0, 0.1) is 11.3 Å². The van der Waals surface area contributed by atoms with E-state index in [1.54, 1.807) is 6.20 Å². The molecule has 0 atom stereocenters. The first-order chi connectivity index (χ1) is 11.9. The molecule has 2 rings (SSSR count). The molecule has 25 heavy (non-hydrogen) atoms. The summed E-state index contributed by atoms with van der Waals surface area (Å²) in [7, 11) is -3.72. The average Bonchev–Trinajstić information content (AvgIpc) is 2.62. The average molecular weight is 379 g/mol. The Labute approximate surface area is 153 Å². The fraction of sp³-hybridized carbons (Fsp3) is 0.294. The van der Waals surface area contributed by atoms with Gasteiger partial charge in [0.1, 0.15) is 11.9 Å². The van der Waals surface area contributed by atoms with Gasteiger partial charge in [-0.1, -0.05) is 17.7 Å². The molecule has 132 valence electrons. The Morgan fingerprint density at radius 2 is 1.96 bits per heavy atom. The van der Waals surface area contributed by atoms with Crippen molar-refractivity contribution in [2.24, 2.45) is 0 Å². The lowest BCUT2D eigenvalue weighted by atomic mass is 10.2. The van der Waals surface area contributed by atoms with E-state index < -0.39 is 10.0 Å².